The maximum absolute atomic E-state index is 5.04. The van der Waals surface area contributed by atoms with E-state index in [2.05, 4.69) is 30.3 Å². The molecule has 3 rings (SSSR count). The molecule has 2 nitrogen and oxygen atoms in total. The third-order valence-electron chi connectivity index (χ3n) is 2.51. The first-order chi connectivity index (χ1) is 7.43. The molecule has 3 aromatic rings. The van der Waals surface area contributed by atoms with Gasteiger partial charge < -0.3 is 4.42 Å². The Balaban J connectivity index is 2.22. The Kier molecular flexibility index (Phi) is 1.78. The summed E-state index contributed by atoms with van der Waals surface area (Å²) in [5, 5.41) is 2.49. The fourth-order valence-corrected chi connectivity index (χ4v) is 1.72. The van der Waals surface area contributed by atoms with Crippen LogP contribution in [-0.4, -0.2) is 0 Å². The quantitative estimate of drug-likeness (QED) is 0.547. The summed E-state index contributed by atoms with van der Waals surface area (Å²) < 4.78 is 6.99. The van der Waals surface area contributed by atoms with Crippen LogP contribution in [0.4, 0.5) is 0 Å². The van der Waals surface area contributed by atoms with E-state index in [1.807, 2.05) is 22.9 Å². The summed E-state index contributed by atoms with van der Waals surface area (Å²) in [7, 11) is 0. The zero-order valence-corrected chi connectivity index (χ0v) is 8.13. The predicted octanol–water partition coefficient (Wildman–Crippen LogP) is 2.71. The van der Waals surface area contributed by atoms with Crippen molar-refractivity contribution in [1.29, 1.82) is 0 Å². The topological polar surface area (TPSA) is 17.0 Å². The number of hydrogen-bond donors (Lipinski definition) is 0. The van der Waals surface area contributed by atoms with Gasteiger partial charge in [-0.1, -0.05) is 24.3 Å². The third kappa shape index (κ3) is 1.40. The van der Waals surface area contributed by atoms with E-state index >= 15 is 0 Å². The molecular formula is C13H10NO+. The average Bonchev–Trinajstić information content (AvgIpc) is 2.82. The SMILES string of the molecule is c1ccc2cc(-[n+]3ccoc3)ccc2c1. The maximum atomic E-state index is 5.04. The predicted molar refractivity (Wildman–Crippen MR) is 57.7 cm³/mol. The number of fused-ring (bicyclic) bond motifs is 1. The van der Waals surface area contributed by atoms with Crippen molar-refractivity contribution in [3.63, 3.8) is 0 Å². The summed E-state index contributed by atoms with van der Waals surface area (Å²) >= 11 is 0. The van der Waals surface area contributed by atoms with Crippen LogP contribution in [0.5, 0.6) is 0 Å². The van der Waals surface area contributed by atoms with Crippen LogP contribution in [0.25, 0.3) is 16.5 Å². The summed E-state index contributed by atoms with van der Waals surface area (Å²) in [4.78, 5) is 0. The van der Waals surface area contributed by atoms with E-state index in [9.17, 15) is 0 Å². The molecule has 0 bridgehead atoms. The maximum Gasteiger partial charge on any atom is 0.340 e. The third-order valence-corrected chi connectivity index (χ3v) is 2.51. The number of hydrogen-bond acceptors (Lipinski definition) is 1. The van der Waals surface area contributed by atoms with E-state index in [0.717, 1.165) is 5.69 Å². The lowest BCUT2D eigenvalue weighted by molar-refractivity contribution is -0.599. The van der Waals surface area contributed by atoms with Crippen LogP contribution in [0.3, 0.4) is 0 Å². The molecule has 0 aliphatic rings. The van der Waals surface area contributed by atoms with Gasteiger partial charge in [0, 0.05) is 12.1 Å². The number of nitrogens with zero attached hydrogens (tertiary/aromatic N) is 1. The lowest BCUT2D eigenvalue weighted by Gasteiger charge is -1.96. The van der Waals surface area contributed by atoms with Crippen LogP contribution < -0.4 is 4.57 Å². The molecule has 0 amide bonds. The molecule has 0 saturated heterocycles. The Hall–Kier alpha value is -2.09. The zero-order chi connectivity index (χ0) is 10.1. The molecule has 0 saturated carbocycles. The normalized spacial score (nSPS) is 10.7. The molecule has 0 radical (unpaired) electrons. The molecule has 0 aliphatic heterocycles. The lowest BCUT2D eigenvalue weighted by Crippen LogP contribution is -2.26. The standard InChI is InChI=1S/C13H10NO/c1-2-4-12-9-13(6-5-11(12)3-1)14-7-8-15-10-14/h1-10H/q+1. The van der Waals surface area contributed by atoms with Gasteiger partial charge in [-0.25, -0.2) is 0 Å². The van der Waals surface area contributed by atoms with Crippen LogP contribution in [-0.2, 0) is 0 Å². The van der Waals surface area contributed by atoms with Gasteiger partial charge >= 0.3 is 6.39 Å². The minimum absolute atomic E-state index is 1.11. The van der Waals surface area contributed by atoms with Gasteiger partial charge in [0.2, 0.25) is 11.9 Å². The van der Waals surface area contributed by atoms with Crippen LogP contribution in [0.15, 0.2) is 65.7 Å². The van der Waals surface area contributed by atoms with Crippen molar-refractivity contribution in [2.75, 3.05) is 0 Å². The van der Waals surface area contributed by atoms with Crippen molar-refractivity contribution in [2.45, 2.75) is 0 Å². The first-order valence-corrected chi connectivity index (χ1v) is 4.86. The summed E-state index contributed by atoms with van der Waals surface area (Å²) in [5.74, 6) is 0. The van der Waals surface area contributed by atoms with Gasteiger partial charge in [-0.15, -0.1) is 4.57 Å². The molecule has 0 aliphatic carbocycles. The monoisotopic (exact) mass is 196 g/mol. The van der Waals surface area contributed by atoms with Gasteiger partial charge in [-0.3, -0.25) is 0 Å². The fraction of sp³-hybridized carbons (Fsp3) is 0. The lowest BCUT2D eigenvalue weighted by atomic mass is 10.1. The van der Waals surface area contributed by atoms with Crippen LogP contribution in [0, 0.1) is 0 Å². The Bertz CT molecular complexity index is 584. The van der Waals surface area contributed by atoms with Crippen molar-refractivity contribution in [3.8, 4) is 5.69 Å². The van der Waals surface area contributed by atoms with Gasteiger partial charge in [0.25, 0.3) is 0 Å². The molecule has 0 atom stereocenters. The van der Waals surface area contributed by atoms with Crippen molar-refractivity contribution in [1.82, 2.24) is 0 Å². The summed E-state index contributed by atoms with van der Waals surface area (Å²) in [5.41, 5.74) is 1.11. The molecular weight excluding hydrogens is 186 g/mol. The van der Waals surface area contributed by atoms with Gasteiger partial charge in [-0.2, -0.15) is 0 Å². The van der Waals surface area contributed by atoms with E-state index in [1.165, 1.54) is 10.8 Å². The summed E-state index contributed by atoms with van der Waals surface area (Å²) in [6.45, 7) is 0. The second-order valence-electron chi connectivity index (χ2n) is 3.47. The highest BCUT2D eigenvalue weighted by atomic mass is 16.3. The van der Waals surface area contributed by atoms with Crippen LogP contribution in [0.2, 0.25) is 0 Å². The number of oxazole rings is 1. The van der Waals surface area contributed by atoms with Crippen LogP contribution in [0.1, 0.15) is 0 Å². The number of rotatable bonds is 1. The van der Waals surface area contributed by atoms with Crippen molar-refractivity contribution >= 4 is 10.8 Å². The molecule has 0 unspecified atom stereocenters. The van der Waals surface area contributed by atoms with Crippen molar-refractivity contribution in [3.05, 3.63) is 61.3 Å². The minimum atomic E-state index is 1.11. The van der Waals surface area contributed by atoms with Crippen molar-refractivity contribution < 1.29 is 8.98 Å². The Morgan fingerprint density at radius 2 is 1.80 bits per heavy atom. The minimum Gasteiger partial charge on any atom is -0.412 e. The van der Waals surface area contributed by atoms with E-state index in [0.29, 0.717) is 0 Å². The molecule has 0 spiro atoms. The molecule has 2 aromatic carbocycles. The Labute approximate surface area is 87.4 Å². The molecule has 1 heterocycles. The molecule has 0 N–H and O–H groups in total. The largest absolute Gasteiger partial charge is 0.412 e. The molecule has 0 fully saturated rings. The Morgan fingerprint density at radius 1 is 0.933 bits per heavy atom. The van der Waals surface area contributed by atoms with Gasteiger partial charge in [0.1, 0.15) is 0 Å². The first-order valence-electron chi connectivity index (χ1n) is 4.86. The van der Waals surface area contributed by atoms with Gasteiger partial charge in [0.15, 0.2) is 6.26 Å². The summed E-state index contributed by atoms with van der Waals surface area (Å²) in [6, 6.07) is 14.7. The molecule has 72 valence electrons. The van der Waals surface area contributed by atoms with E-state index in [1.54, 1.807) is 12.7 Å². The van der Waals surface area contributed by atoms with Gasteiger partial charge in [0.05, 0.1) is 0 Å². The molecule has 15 heavy (non-hydrogen) atoms. The van der Waals surface area contributed by atoms with E-state index in [-0.39, 0.29) is 0 Å². The highest BCUT2D eigenvalue weighted by Crippen LogP contribution is 2.15. The van der Waals surface area contributed by atoms with E-state index < -0.39 is 0 Å². The average molecular weight is 196 g/mol. The second kappa shape index (κ2) is 3.24. The van der Waals surface area contributed by atoms with Crippen LogP contribution >= 0.6 is 0 Å². The molecule has 2 heteroatoms. The van der Waals surface area contributed by atoms with Crippen molar-refractivity contribution in [2.24, 2.45) is 0 Å². The number of aromatic nitrogens is 1. The Morgan fingerprint density at radius 3 is 2.60 bits per heavy atom. The highest BCUT2D eigenvalue weighted by molar-refractivity contribution is 5.83. The zero-order valence-electron chi connectivity index (χ0n) is 8.13. The smallest absolute Gasteiger partial charge is 0.340 e. The fourth-order valence-electron chi connectivity index (χ4n) is 1.72. The summed E-state index contributed by atoms with van der Waals surface area (Å²) in [6.07, 6.45) is 5.24. The number of benzene rings is 2. The molecule has 1 aromatic heterocycles. The second-order valence-corrected chi connectivity index (χ2v) is 3.47. The highest BCUT2D eigenvalue weighted by Gasteiger charge is 2.06. The van der Waals surface area contributed by atoms with Gasteiger partial charge in [-0.05, 0) is 16.8 Å². The van der Waals surface area contributed by atoms with E-state index in [4.69, 9.17) is 4.42 Å². The first kappa shape index (κ1) is 8.24.